The van der Waals surface area contributed by atoms with E-state index in [9.17, 15) is 19.8 Å². The molecule has 0 fully saturated rings. The Morgan fingerprint density at radius 1 is 1.42 bits per heavy atom. The van der Waals surface area contributed by atoms with Gasteiger partial charge in [-0.1, -0.05) is 0 Å². The second kappa shape index (κ2) is 5.57. The van der Waals surface area contributed by atoms with Crippen molar-refractivity contribution >= 4 is 11.9 Å². The molecule has 7 heteroatoms. The third-order valence-corrected chi connectivity index (χ3v) is 2.50. The number of carboxylic acids is 1. The van der Waals surface area contributed by atoms with Crippen molar-refractivity contribution in [3.05, 3.63) is 23.8 Å². The summed E-state index contributed by atoms with van der Waals surface area (Å²) in [7, 11) is 1.42. The molecule has 104 valence electrons. The zero-order valence-corrected chi connectivity index (χ0v) is 10.5. The number of carboxylic acid groups (broad SMARTS) is 1. The highest BCUT2D eigenvalue weighted by atomic mass is 16.5. The molecule has 1 amide bonds. The molecule has 0 saturated heterocycles. The average Bonchev–Trinajstić information content (AvgIpc) is 2.35. The number of methoxy groups -OCH3 is 1. The number of carbonyl (C=O) groups is 2. The minimum atomic E-state index is -2.07. The molecule has 1 rings (SSSR count). The maximum absolute atomic E-state index is 11.7. The smallest absolute Gasteiger partial charge is 0.337 e. The average molecular weight is 269 g/mol. The highest BCUT2D eigenvalue weighted by Crippen LogP contribution is 2.23. The molecule has 0 aliphatic rings. The summed E-state index contributed by atoms with van der Waals surface area (Å²) in [5, 5.41) is 30.0. The molecule has 1 unspecified atom stereocenters. The predicted molar refractivity (Wildman–Crippen MR) is 65.3 cm³/mol. The van der Waals surface area contributed by atoms with E-state index in [1.807, 2.05) is 0 Å². The summed E-state index contributed by atoms with van der Waals surface area (Å²) in [6, 6.07) is 4.06. The Morgan fingerprint density at radius 2 is 2.05 bits per heavy atom. The van der Waals surface area contributed by atoms with Crippen molar-refractivity contribution in [2.75, 3.05) is 13.7 Å². The molecule has 1 atom stereocenters. The fraction of sp³-hybridized carbons (Fsp3) is 0.333. The molecular formula is C12H15NO6. The number of carbonyl (C=O) groups excluding carboxylic acids is 1. The van der Waals surface area contributed by atoms with Crippen LogP contribution in [-0.2, 0) is 4.79 Å². The van der Waals surface area contributed by atoms with E-state index < -0.39 is 24.0 Å². The molecule has 0 heterocycles. The maximum atomic E-state index is 11.7. The zero-order chi connectivity index (χ0) is 14.6. The fourth-order valence-corrected chi connectivity index (χ4v) is 1.25. The number of hydrogen-bond donors (Lipinski definition) is 4. The van der Waals surface area contributed by atoms with Crippen molar-refractivity contribution in [2.45, 2.75) is 12.5 Å². The van der Waals surface area contributed by atoms with Crippen molar-refractivity contribution in [1.29, 1.82) is 0 Å². The topological polar surface area (TPSA) is 116 Å². The lowest BCUT2D eigenvalue weighted by Crippen LogP contribution is -2.46. The summed E-state index contributed by atoms with van der Waals surface area (Å²) in [6.07, 6.45) is 0. The van der Waals surface area contributed by atoms with Crippen molar-refractivity contribution in [3.8, 4) is 11.5 Å². The van der Waals surface area contributed by atoms with Crippen molar-refractivity contribution in [2.24, 2.45) is 0 Å². The minimum absolute atomic E-state index is 0.0398. The number of aliphatic hydroxyl groups is 1. The number of hydrogen-bond acceptors (Lipinski definition) is 5. The molecule has 4 N–H and O–H groups in total. The van der Waals surface area contributed by atoms with Gasteiger partial charge >= 0.3 is 5.97 Å². The third kappa shape index (κ3) is 3.59. The third-order valence-electron chi connectivity index (χ3n) is 2.50. The monoisotopic (exact) mass is 269 g/mol. The second-order valence-electron chi connectivity index (χ2n) is 4.14. The lowest BCUT2D eigenvalue weighted by atomic mass is 10.1. The standard InChI is InChI=1S/C12H15NO6/c1-12(18,11(16)17)6-13-10(15)8-4-3-7(19-2)5-9(8)14/h3-5,14,18H,6H2,1-2H3,(H,13,15)(H,16,17). The number of phenolic OH excluding ortho intramolecular Hbond substituents is 1. The molecule has 0 aliphatic heterocycles. The number of nitrogens with one attached hydrogen (secondary N) is 1. The Kier molecular flexibility index (Phi) is 4.34. The molecule has 19 heavy (non-hydrogen) atoms. The Labute approximate surface area is 109 Å². The van der Waals surface area contributed by atoms with Gasteiger partial charge < -0.3 is 25.4 Å². The van der Waals surface area contributed by atoms with Crippen LogP contribution in [0.5, 0.6) is 11.5 Å². The Balaban J connectivity index is 2.77. The van der Waals surface area contributed by atoms with Crippen molar-refractivity contribution in [1.82, 2.24) is 5.32 Å². The quantitative estimate of drug-likeness (QED) is 0.596. The molecule has 0 saturated carbocycles. The summed E-state index contributed by atoms with van der Waals surface area (Å²) in [6.45, 7) is 0.579. The van der Waals surface area contributed by atoms with E-state index >= 15 is 0 Å². The van der Waals surface area contributed by atoms with Crippen LogP contribution in [0.3, 0.4) is 0 Å². The number of benzene rings is 1. The lowest BCUT2D eigenvalue weighted by molar-refractivity contribution is -0.155. The summed E-state index contributed by atoms with van der Waals surface area (Å²) < 4.78 is 4.87. The summed E-state index contributed by atoms with van der Waals surface area (Å²) in [5.41, 5.74) is -2.11. The first-order valence-electron chi connectivity index (χ1n) is 5.39. The Bertz CT molecular complexity index is 497. The minimum Gasteiger partial charge on any atom is -0.507 e. The van der Waals surface area contributed by atoms with Crippen LogP contribution in [-0.4, -0.2) is 46.5 Å². The fourth-order valence-electron chi connectivity index (χ4n) is 1.25. The molecule has 7 nitrogen and oxygen atoms in total. The second-order valence-corrected chi connectivity index (χ2v) is 4.14. The molecule has 1 aromatic rings. The van der Waals surface area contributed by atoms with Crippen molar-refractivity contribution in [3.63, 3.8) is 0 Å². The van der Waals surface area contributed by atoms with Crippen LogP contribution in [0.1, 0.15) is 17.3 Å². The van der Waals surface area contributed by atoms with Crippen LogP contribution in [0, 0.1) is 0 Å². The van der Waals surface area contributed by atoms with Crippen molar-refractivity contribution < 1.29 is 29.6 Å². The molecule has 0 spiro atoms. The van der Waals surface area contributed by atoms with E-state index in [1.165, 1.54) is 25.3 Å². The number of aromatic hydroxyl groups is 1. The first-order valence-corrected chi connectivity index (χ1v) is 5.39. The van der Waals surface area contributed by atoms with E-state index in [-0.39, 0.29) is 11.3 Å². The molecule has 0 aromatic heterocycles. The first kappa shape index (κ1) is 14.8. The zero-order valence-electron chi connectivity index (χ0n) is 10.5. The van der Waals surface area contributed by atoms with Gasteiger partial charge in [0.05, 0.1) is 19.2 Å². The van der Waals surface area contributed by atoms with E-state index in [0.29, 0.717) is 5.75 Å². The number of rotatable bonds is 5. The summed E-state index contributed by atoms with van der Waals surface area (Å²) in [4.78, 5) is 22.4. The molecule has 0 aliphatic carbocycles. The van der Waals surface area contributed by atoms with Gasteiger partial charge in [0.1, 0.15) is 11.5 Å². The number of phenols is 1. The summed E-state index contributed by atoms with van der Waals surface area (Å²) >= 11 is 0. The van der Waals surface area contributed by atoms with Gasteiger partial charge in [-0.15, -0.1) is 0 Å². The van der Waals surface area contributed by atoms with Gasteiger partial charge in [0.15, 0.2) is 5.60 Å². The van der Waals surface area contributed by atoms with E-state index in [2.05, 4.69) is 5.32 Å². The van der Waals surface area contributed by atoms with Crippen LogP contribution in [0.25, 0.3) is 0 Å². The number of aliphatic carboxylic acids is 1. The van der Waals surface area contributed by atoms with Crippen LogP contribution in [0.15, 0.2) is 18.2 Å². The van der Waals surface area contributed by atoms with E-state index in [4.69, 9.17) is 9.84 Å². The number of amides is 1. The largest absolute Gasteiger partial charge is 0.507 e. The number of ether oxygens (including phenoxy) is 1. The van der Waals surface area contributed by atoms with Gasteiger partial charge in [0.2, 0.25) is 0 Å². The normalized spacial score (nSPS) is 13.4. The first-order chi connectivity index (χ1) is 8.77. The van der Waals surface area contributed by atoms with Gasteiger partial charge in [0.25, 0.3) is 5.91 Å². The maximum Gasteiger partial charge on any atom is 0.337 e. The van der Waals surface area contributed by atoms with Gasteiger partial charge in [-0.25, -0.2) is 4.79 Å². The van der Waals surface area contributed by atoms with Gasteiger partial charge in [-0.2, -0.15) is 0 Å². The Hall–Kier alpha value is -2.28. The molecule has 1 aromatic carbocycles. The predicted octanol–water partition coefficient (Wildman–Crippen LogP) is -0.0338. The lowest BCUT2D eigenvalue weighted by Gasteiger charge is -2.18. The highest BCUT2D eigenvalue weighted by molar-refractivity contribution is 5.97. The molecule has 0 bridgehead atoms. The summed E-state index contributed by atoms with van der Waals surface area (Å²) in [5.74, 6) is -2.06. The highest BCUT2D eigenvalue weighted by Gasteiger charge is 2.30. The van der Waals surface area contributed by atoms with Gasteiger partial charge in [0, 0.05) is 6.07 Å². The van der Waals surface area contributed by atoms with Crippen LogP contribution >= 0.6 is 0 Å². The van der Waals surface area contributed by atoms with Gasteiger partial charge in [-0.3, -0.25) is 4.79 Å². The SMILES string of the molecule is COc1ccc(C(=O)NCC(C)(O)C(=O)O)c(O)c1. The molecule has 0 radical (unpaired) electrons. The van der Waals surface area contributed by atoms with E-state index in [1.54, 1.807) is 0 Å². The van der Waals surface area contributed by atoms with Crippen LogP contribution in [0.2, 0.25) is 0 Å². The Morgan fingerprint density at radius 3 is 2.53 bits per heavy atom. The van der Waals surface area contributed by atoms with Crippen LogP contribution in [0.4, 0.5) is 0 Å². The van der Waals surface area contributed by atoms with E-state index in [0.717, 1.165) is 6.92 Å². The molecular weight excluding hydrogens is 254 g/mol. The van der Waals surface area contributed by atoms with Gasteiger partial charge in [-0.05, 0) is 19.1 Å². The van der Waals surface area contributed by atoms with Crippen LogP contribution < -0.4 is 10.1 Å².